The Balaban J connectivity index is 0.000000274. The van der Waals surface area contributed by atoms with Gasteiger partial charge in [-0.05, 0) is 11.6 Å². The van der Waals surface area contributed by atoms with Gasteiger partial charge < -0.3 is 29.8 Å². The zero-order valence-corrected chi connectivity index (χ0v) is 19.0. The number of aromatic nitrogens is 6. The quantitative estimate of drug-likeness (QED) is 0.184. The summed E-state index contributed by atoms with van der Waals surface area (Å²) in [4.78, 5) is 76.7. The number of carbonyl (C=O) groups excluding carboxylic acids is 1. The maximum absolute atomic E-state index is 11.0. The molecule has 0 amide bonds. The molecule has 3 aromatic heterocycles. The van der Waals surface area contributed by atoms with Gasteiger partial charge in [-0.25, -0.2) is 14.8 Å². The van der Waals surface area contributed by atoms with Crippen molar-refractivity contribution in [2.45, 2.75) is 5.08 Å². The smallest absolute Gasteiger partial charge is 0.375 e. The molecule has 0 radical (unpaired) electrons. The molecule has 19 heteroatoms. The lowest BCUT2D eigenvalue weighted by atomic mass is 10.5. The number of aliphatic hydroxyl groups is 1. The Morgan fingerprint density at radius 3 is 1.38 bits per heavy atom. The molecule has 0 unspecified atom stereocenters. The molecule has 0 saturated heterocycles. The van der Waals surface area contributed by atoms with Crippen molar-refractivity contribution in [3.63, 3.8) is 0 Å². The van der Waals surface area contributed by atoms with E-state index in [4.69, 9.17) is 36.3 Å². The topological polar surface area (TPSA) is 267 Å². The van der Waals surface area contributed by atoms with Crippen molar-refractivity contribution in [2.75, 3.05) is 0 Å². The van der Waals surface area contributed by atoms with Crippen LogP contribution in [0.2, 0.25) is 0 Å². The van der Waals surface area contributed by atoms with Gasteiger partial charge in [0.15, 0.2) is 5.69 Å². The second-order valence-electron chi connectivity index (χ2n) is 5.57. The predicted octanol–water partition coefficient (Wildman–Crippen LogP) is -0.0350. The fourth-order valence-corrected chi connectivity index (χ4v) is 4.03. The number of carboxylic acid groups (broad SMARTS) is 1. The van der Waals surface area contributed by atoms with E-state index < -0.39 is 37.2 Å². The highest BCUT2D eigenvalue weighted by Gasteiger charge is 2.62. The molecule has 0 aliphatic carbocycles. The molecule has 0 atom stereocenters. The van der Waals surface area contributed by atoms with Crippen LogP contribution in [0.15, 0.2) is 55.8 Å². The lowest BCUT2D eigenvalue weighted by Gasteiger charge is -2.27. The summed E-state index contributed by atoms with van der Waals surface area (Å²) in [5, 5.41) is 13.6. The van der Waals surface area contributed by atoms with Crippen LogP contribution in [0.4, 0.5) is 0 Å². The van der Waals surface area contributed by atoms with Gasteiger partial charge >= 0.3 is 26.2 Å². The summed E-state index contributed by atoms with van der Waals surface area (Å²) in [6, 6.07) is 0. The molecule has 3 aromatic rings. The lowest BCUT2D eigenvalue weighted by Crippen LogP contribution is -2.27. The Morgan fingerprint density at radius 2 is 1.15 bits per heavy atom. The van der Waals surface area contributed by atoms with Crippen LogP contribution in [0.3, 0.4) is 0 Å². The summed E-state index contributed by atoms with van der Waals surface area (Å²) >= 11 is 5.06. The van der Waals surface area contributed by atoms with E-state index in [2.05, 4.69) is 29.9 Å². The molecule has 3 rings (SSSR count). The normalized spacial score (nSPS) is 11.2. The molecule has 0 aliphatic heterocycles. The third-order valence-electron chi connectivity index (χ3n) is 3.27. The molecule has 34 heavy (non-hydrogen) atoms. The number of rotatable bonds is 5. The number of carbonyl (C=O) groups is 2. The van der Waals surface area contributed by atoms with Gasteiger partial charge in [-0.15, -0.1) is 0 Å². The summed E-state index contributed by atoms with van der Waals surface area (Å²) in [7, 11) is -11.1. The fourth-order valence-electron chi connectivity index (χ4n) is 1.75. The van der Waals surface area contributed by atoms with E-state index in [0.29, 0.717) is 6.20 Å². The van der Waals surface area contributed by atoms with Crippen LogP contribution in [-0.2, 0) is 14.2 Å². The largest absolute Gasteiger partial charge is 0.476 e. The number of carboxylic acids is 1. The lowest BCUT2D eigenvalue weighted by molar-refractivity contribution is 0.0689. The number of hydrogen-bond acceptors (Lipinski definition) is 11. The van der Waals surface area contributed by atoms with Gasteiger partial charge in [0.05, 0.1) is 18.6 Å². The first-order chi connectivity index (χ1) is 15.7. The van der Waals surface area contributed by atoms with Crippen molar-refractivity contribution in [1.29, 1.82) is 0 Å². The van der Waals surface area contributed by atoms with Crippen molar-refractivity contribution in [3.05, 3.63) is 72.9 Å². The summed E-state index contributed by atoms with van der Waals surface area (Å²) in [5.41, 5.74) is -0.742. The zero-order valence-electron chi connectivity index (χ0n) is 16.5. The third kappa shape index (κ3) is 8.06. The minimum Gasteiger partial charge on any atom is -0.476 e. The Hall–Kier alpha value is -3.07. The first kappa shape index (κ1) is 29.0. The van der Waals surface area contributed by atoms with Crippen molar-refractivity contribution < 1.29 is 48.5 Å². The summed E-state index contributed by atoms with van der Waals surface area (Å²) in [6.07, 6.45) is 10.9. The number of aromatic carboxylic acids is 1. The average molecular weight is 537 g/mol. The minimum atomic E-state index is -5.54. The second-order valence-corrected chi connectivity index (χ2v) is 9.74. The molecule has 0 saturated carbocycles. The molecule has 0 bridgehead atoms. The van der Waals surface area contributed by atoms with E-state index in [1.54, 1.807) is 0 Å². The zero-order chi connectivity index (χ0) is 26.0. The molecule has 0 aromatic carbocycles. The van der Waals surface area contributed by atoms with Gasteiger partial charge in [0.25, 0.3) is 5.24 Å². The Bertz CT molecular complexity index is 1110. The number of halogens is 1. The number of hydrogen-bond donors (Lipinski definition) is 6. The molecule has 0 fully saturated rings. The Morgan fingerprint density at radius 1 is 0.735 bits per heavy atom. The highest BCUT2D eigenvalue weighted by Crippen LogP contribution is 2.72. The Labute approximate surface area is 194 Å². The first-order valence-electron chi connectivity index (χ1n) is 8.27. The summed E-state index contributed by atoms with van der Waals surface area (Å²) in [6.45, 7) is 0. The van der Waals surface area contributed by atoms with Gasteiger partial charge in [0.2, 0.25) is 0 Å². The van der Waals surface area contributed by atoms with E-state index in [-0.39, 0.29) is 11.4 Å². The van der Waals surface area contributed by atoms with Crippen molar-refractivity contribution in [2.24, 2.45) is 0 Å². The summed E-state index contributed by atoms with van der Waals surface area (Å²) < 4.78 is 22.0. The van der Waals surface area contributed by atoms with Gasteiger partial charge in [0.1, 0.15) is 11.4 Å². The van der Waals surface area contributed by atoms with Crippen LogP contribution in [0.25, 0.3) is 0 Å². The number of nitrogens with zero attached hydrogens (tertiary/aromatic N) is 6. The molecule has 16 nitrogen and oxygen atoms in total. The minimum absolute atomic E-state index is 0.0301. The highest BCUT2D eigenvalue weighted by atomic mass is 35.5. The molecular formula is C15H15ClN6O10P2. The molecule has 0 spiro atoms. The predicted molar refractivity (Wildman–Crippen MR) is 111 cm³/mol. The SMILES string of the molecule is O=C(Cl)c1cnccn1.O=C(O)c1cnccn1.O=P(O)(O)C(O)(c1cnccn1)P(=O)(O)O. The monoisotopic (exact) mass is 536 g/mol. The fraction of sp³-hybridized carbons (Fsp3) is 0.0667. The molecule has 182 valence electrons. The van der Waals surface area contributed by atoms with Crippen LogP contribution in [-0.4, -0.2) is 70.9 Å². The Kier molecular flexibility index (Phi) is 10.6. The maximum Gasteiger partial charge on any atom is 0.375 e. The van der Waals surface area contributed by atoms with E-state index in [9.17, 15) is 23.8 Å². The summed E-state index contributed by atoms with van der Waals surface area (Å²) in [5.74, 6) is -1.05. The van der Waals surface area contributed by atoms with Crippen LogP contribution < -0.4 is 0 Å². The van der Waals surface area contributed by atoms with Crippen LogP contribution in [0.5, 0.6) is 0 Å². The van der Waals surface area contributed by atoms with E-state index in [0.717, 1.165) is 12.4 Å². The first-order valence-corrected chi connectivity index (χ1v) is 11.9. The average Bonchev–Trinajstić information content (AvgIpc) is 2.79. The van der Waals surface area contributed by atoms with E-state index in [1.165, 1.54) is 37.2 Å². The van der Waals surface area contributed by atoms with Crippen LogP contribution >= 0.6 is 26.8 Å². The van der Waals surface area contributed by atoms with Crippen molar-refractivity contribution in [3.8, 4) is 0 Å². The van der Waals surface area contributed by atoms with Crippen molar-refractivity contribution >= 4 is 38.0 Å². The van der Waals surface area contributed by atoms with Gasteiger partial charge in [-0.1, -0.05) is 0 Å². The molecule has 0 aliphatic rings. The van der Waals surface area contributed by atoms with Crippen LogP contribution in [0.1, 0.15) is 26.7 Å². The van der Waals surface area contributed by atoms with Gasteiger partial charge in [-0.2, -0.15) is 0 Å². The van der Waals surface area contributed by atoms with Gasteiger partial charge in [-0.3, -0.25) is 33.9 Å². The third-order valence-corrected chi connectivity index (χ3v) is 7.11. The molecular weight excluding hydrogens is 522 g/mol. The standard InChI is InChI=1S/C5H3ClN2O.C5H8N2O7P2.C5H4N2O2/c6-5(9)4-3-7-1-2-8-4;8-5(15(9,10)11,16(12,13)14)4-3-6-1-2-7-4;8-5(9)4-3-6-1-2-7-4/h1-3H;1-3,8H,(H2,9,10,11)(H2,12,13,14);1-3H,(H,8,9). The molecule has 6 N–H and O–H groups in total. The van der Waals surface area contributed by atoms with Crippen molar-refractivity contribution in [1.82, 2.24) is 29.9 Å². The second kappa shape index (κ2) is 12.4. The van der Waals surface area contributed by atoms with Gasteiger partial charge in [0, 0.05) is 37.2 Å². The highest BCUT2D eigenvalue weighted by molar-refractivity contribution is 7.71. The van der Waals surface area contributed by atoms with E-state index >= 15 is 0 Å². The molecule has 3 heterocycles. The maximum atomic E-state index is 11.0. The van der Waals surface area contributed by atoms with E-state index in [1.807, 2.05) is 0 Å². The van der Waals surface area contributed by atoms with Crippen LogP contribution in [0, 0.1) is 0 Å².